The van der Waals surface area contributed by atoms with Crippen molar-refractivity contribution in [3.8, 4) is 0 Å². The Balaban J connectivity index is 0. The highest BCUT2D eigenvalue weighted by molar-refractivity contribution is 9.09. The Labute approximate surface area is 61.1 Å². The van der Waals surface area contributed by atoms with Gasteiger partial charge in [-0.15, -0.1) is 0 Å². The van der Waals surface area contributed by atoms with Crippen molar-refractivity contribution in [2.24, 2.45) is 0 Å². The highest BCUT2D eigenvalue weighted by atomic mass is 79.9. The monoisotopic (exact) mass is 178 g/mol. The minimum atomic E-state index is 1.06. The maximum Gasteiger partial charge on any atom is 0.000281 e. The summed E-state index contributed by atoms with van der Waals surface area (Å²) >= 11 is 3.15. The molecule has 0 atom stereocenters. The molecule has 0 heterocycles. The van der Waals surface area contributed by atoms with Gasteiger partial charge >= 0.3 is 0 Å². The minimum Gasteiger partial charge on any atom is -0.0931 e. The van der Waals surface area contributed by atoms with E-state index in [1.54, 1.807) is 0 Å². The first-order chi connectivity index (χ1) is 3.68. The van der Waals surface area contributed by atoms with E-state index in [1.807, 2.05) is 13.8 Å². The zero-order chi connectivity index (χ0) is 6.99. The summed E-state index contributed by atoms with van der Waals surface area (Å²) in [6, 6.07) is 0. The van der Waals surface area contributed by atoms with Crippen molar-refractivity contribution >= 4 is 15.9 Å². The lowest BCUT2D eigenvalue weighted by Gasteiger charge is -1.74. The van der Waals surface area contributed by atoms with Crippen LogP contribution >= 0.6 is 15.9 Å². The summed E-state index contributed by atoms with van der Waals surface area (Å²) in [5.41, 5.74) is 1.38. The molecule has 0 aromatic heterocycles. The molecule has 0 aliphatic carbocycles. The number of hydrogen-bond donors (Lipinski definition) is 0. The van der Waals surface area contributed by atoms with Crippen LogP contribution in [0.2, 0.25) is 0 Å². The Kier molecular flexibility index (Phi) is 14.2. The van der Waals surface area contributed by atoms with Gasteiger partial charge in [-0.1, -0.05) is 34.5 Å². The molecule has 0 aliphatic rings. The lowest BCUT2D eigenvalue weighted by Crippen LogP contribution is -1.52. The molecule has 0 saturated heterocycles. The summed E-state index contributed by atoms with van der Waals surface area (Å²) < 4.78 is 0. The molecular weight excluding hydrogens is 164 g/mol. The quantitative estimate of drug-likeness (QED) is 0.395. The second-order valence-corrected chi connectivity index (χ2v) is 2.75. The summed E-state index contributed by atoms with van der Waals surface area (Å²) in [6.45, 7) is 8.25. The molecule has 0 nitrogen and oxygen atoms in total. The van der Waals surface area contributed by atoms with Crippen molar-refractivity contribution in [3.05, 3.63) is 11.6 Å². The molecule has 0 unspecified atom stereocenters. The third-order valence-corrected chi connectivity index (χ3v) is 0.577. The summed E-state index contributed by atoms with van der Waals surface area (Å²) in [6.07, 6.45) is 2.08. The predicted molar refractivity (Wildman–Crippen MR) is 44.6 cm³/mol. The summed E-state index contributed by atoms with van der Waals surface area (Å²) in [5.74, 6) is 0. The molecule has 0 radical (unpaired) electrons. The topological polar surface area (TPSA) is 0 Å². The number of allylic oxidation sites excluding steroid dienone is 2. The lowest BCUT2D eigenvalue weighted by atomic mass is 10.3. The van der Waals surface area contributed by atoms with Crippen molar-refractivity contribution in [1.29, 1.82) is 0 Å². The molecule has 50 valence electrons. The molecular formula is C7H15Br. The maximum atomic E-state index is 3.15. The average molecular weight is 179 g/mol. The number of hydrogen-bond acceptors (Lipinski definition) is 0. The Morgan fingerprint density at radius 3 is 1.62 bits per heavy atom. The molecule has 0 saturated carbocycles. The van der Waals surface area contributed by atoms with E-state index in [-0.39, 0.29) is 0 Å². The van der Waals surface area contributed by atoms with Crippen LogP contribution in [0.25, 0.3) is 0 Å². The molecule has 0 bridgehead atoms. The smallest absolute Gasteiger partial charge is 0.000281 e. The fraction of sp³-hybridized carbons (Fsp3) is 0.714. The van der Waals surface area contributed by atoms with Gasteiger partial charge in [0.1, 0.15) is 0 Å². The van der Waals surface area contributed by atoms with Gasteiger partial charge in [-0.2, -0.15) is 0 Å². The van der Waals surface area contributed by atoms with Gasteiger partial charge in [0.15, 0.2) is 0 Å². The first kappa shape index (κ1) is 11.1. The van der Waals surface area contributed by atoms with Gasteiger partial charge in [0.25, 0.3) is 0 Å². The maximum absolute atomic E-state index is 3.15. The molecule has 8 heavy (non-hydrogen) atoms. The molecule has 1 heteroatoms. The molecule has 0 aromatic carbocycles. The van der Waals surface area contributed by atoms with Crippen LogP contribution in [0.15, 0.2) is 11.6 Å². The van der Waals surface area contributed by atoms with Gasteiger partial charge < -0.3 is 0 Å². The third kappa shape index (κ3) is 34.4. The van der Waals surface area contributed by atoms with Crippen molar-refractivity contribution in [2.45, 2.75) is 27.7 Å². The van der Waals surface area contributed by atoms with Crippen LogP contribution in [0.4, 0.5) is 0 Å². The average Bonchev–Trinajstić information content (AvgIpc) is 1.69. The molecule has 0 amide bonds. The van der Waals surface area contributed by atoms with Crippen molar-refractivity contribution in [1.82, 2.24) is 0 Å². The van der Waals surface area contributed by atoms with Gasteiger partial charge in [-0.3, -0.25) is 0 Å². The van der Waals surface area contributed by atoms with E-state index < -0.39 is 0 Å². The fourth-order valence-electron chi connectivity index (χ4n) is 0. The minimum absolute atomic E-state index is 1.06. The SMILES string of the molecule is CC=C(C)C.CCBr. The first-order valence-corrected chi connectivity index (χ1v) is 3.96. The van der Waals surface area contributed by atoms with Crippen molar-refractivity contribution in [2.75, 3.05) is 5.33 Å². The van der Waals surface area contributed by atoms with Gasteiger partial charge in [0.2, 0.25) is 0 Å². The van der Waals surface area contributed by atoms with Crippen LogP contribution in [0, 0.1) is 0 Å². The highest BCUT2D eigenvalue weighted by Crippen LogP contribution is 1.82. The van der Waals surface area contributed by atoms with E-state index in [1.165, 1.54) is 5.57 Å². The van der Waals surface area contributed by atoms with Crippen LogP contribution in [-0.2, 0) is 0 Å². The summed E-state index contributed by atoms with van der Waals surface area (Å²) in [7, 11) is 0. The number of rotatable bonds is 0. The van der Waals surface area contributed by atoms with Crippen LogP contribution < -0.4 is 0 Å². The summed E-state index contributed by atoms with van der Waals surface area (Å²) in [5, 5.41) is 1.06. The van der Waals surface area contributed by atoms with Crippen LogP contribution in [0.5, 0.6) is 0 Å². The largest absolute Gasteiger partial charge is 0.0931 e. The van der Waals surface area contributed by atoms with E-state index in [0.717, 1.165) is 5.33 Å². The Hall–Kier alpha value is 0.220. The zero-order valence-corrected chi connectivity index (χ0v) is 7.75. The van der Waals surface area contributed by atoms with Crippen molar-refractivity contribution < 1.29 is 0 Å². The van der Waals surface area contributed by atoms with E-state index in [4.69, 9.17) is 0 Å². The Bertz CT molecular complexity index is 51.4. The van der Waals surface area contributed by atoms with E-state index in [2.05, 4.69) is 35.9 Å². The molecule has 0 fully saturated rings. The summed E-state index contributed by atoms with van der Waals surface area (Å²) in [4.78, 5) is 0. The van der Waals surface area contributed by atoms with Gasteiger partial charge in [-0.05, 0) is 20.8 Å². The molecule has 0 rings (SSSR count). The van der Waals surface area contributed by atoms with Gasteiger partial charge in [0.05, 0.1) is 0 Å². The van der Waals surface area contributed by atoms with E-state index in [9.17, 15) is 0 Å². The molecule has 0 aromatic rings. The Morgan fingerprint density at radius 2 is 1.62 bits per heavy atom. The van der Waals surface area contributed by atoms with Crippen LogP contribution in [0.1, 0.15) is 27.7 Å². The van der Waals surface area contributed by atoms with E-state index in [0.29, 0.717) is 0 Å². The molecule has 0 N–H and O–H groups in total. The van der Waals surface area contributed by atoms with E-state index >= 15 is 0 Å². The van der Waals surface area contributed by atoms with Gasteiger partial charge in [0, 0.05) is 5.33 Å². The van der Waals surface area contributed by atoms with Crippen LogP contribution in [0.3, 0.4) is 0 Å². The highest BCUT2D eigenvalue weighted by Gasteiger charge is 1.60. The Morgan fingerprint density at radius 1 is 1.50 bits per heavy atom. The first-order valence-electron chi connectivity index (χ1n) is 2.84. The third-order valence-electron chi connectivity index (χ3n) is 0.577. The second-order valence-electron chi connectivity index (χ2n) is 1.63. The second kappa shape index (κ2) is 10.3. The van der Waals surface area contributed by atoms with Crippen LogP contribution in [-0.4, -0.2) is 5.33 Å². The fourth-order valence-corrected chi connectivity index (χ4v) is 0. The standard InChI is InChI=1S/C5H10.C2H5Br/c1-4-5(2)3;1-2-3/h4H,1-3H3;2H2,1H3. The lowest BCUT2D eigenvalue weighted by molar-refractivity contribution is 1.36. The van der Waals surface area contributed by atoms with Gasteiger partial charge in [-0.25, -0.2) is 0 Å². The number of halogens is 1. The van der Waals surface area contributed by atoms with Crippen molar-refractivity contribution in [3.63, 3.8) is 0 Å². The molecule has 0 spiro atoms. The zero-order valence-electron chi connectivity index (χ0n) is 6.16. The predicted octanol–water partition coefficient (Wildman–Crippen LogP) is 3.37. The number of alkyl halides is 1. The molecule has 0 aliphatic heterocycles. The normalized spacial score (nSPS) is 6.62.